The van der Waals surface area contributed by atoms with E-state index in [9.17, 15) is 0 Å². The Morgan fingerprint density at radius 1 is 0.615 bits per heavy atom. The van der Waals surface area contributed by atoms with E-state index in [2.05, 4.69) is 0 Å². The van der Waals surface area contributed by atoms with Crippen molar-refractivity contribution >= 4 is 0 Å². The SMILES string of the molecule is NC1CC(N)CC(N)C1.[Ni+2].[OH3+].[OH3+].[OH3+]. The second-order valence-electron chi connectivity index (χ2n) is 2.99. The van der Waals surface area contributed by atoms with Gasteiger partial charge in [0.05, 0.1) is 0 Å². The van der Waals surface area contributed by atoms with Crippen LogP contribution in [0.4, 0.5) is 0 Å². The van der Waals surface area contributed by atoms with Gasteiger partial charge in [0, 0.05) is 18.1 Å². The van der Waals surface area contributed by atoms with Crippen molar-refractivity contribution in [2.45, 2.75) is 37.4 Å². The Hall–Kier alpha value is 0.254. The average molecular weight is 245 g/mol. The summed E-state index contributed by atoms with van der Waals surface area (Å²) in [7, 11) is 0. The van der Waals surface area contributed by atoms with Gasteiger partial charge >= 0.3 is 16.5 Å². The fraction of sp³-hybridized carbons (Fsp3) is 1.00. The first-order valence-electron chi connectivity index (χ1n) is 3.45. The first-order chi connectivity index (χ1) is 4.18. The second kappa shape index (κ2) is 10.3. The zero-order valence-corrected chi connectivity index (χ0v) is 8.62. The van der Waals surface area contributed by atoms with Gasteiger partial charge in [0.15, 0.2) is 0 Å². The first kappa shape index (κ1) is 23.2. The maximum Gasteiger partial charge on any atom is 2.00 e. The predicted octanol–water partition coefficient (Wildman–Crippen LogP) is -3.62. The molecule has 0 aromatic rings. The van der Waals surface area contributed by atoms with Crippen LogP contribution in [0.25, 0.3) is 0 Å². The van der Waals surface area contributed by atoms with Crippen molar-refractivity contribution < 1.29 is 32.9 Å². The van der Waals surface area contributed by atoms with E-state index in [4.69, 9.17) is 17.2 Å². The first-order valence-corrected chi connectivity index (χ1v) is 3.45. The third kappa shape index (κ3) is 8.58. The van der Waals surface area contributed by atoms with Crippen molar-refractivity contribution in [2.24, 2.45) is 17.2 Å². The van der Waals surface area contributed by atoms with Crippen LogP contribution in [0.15, 0.2) is 0 Å². The topological polar surface area (TPSA) is 177 Å². The van der Waals surface area contributed by atoms with Crippen molar-refractivity contribution in [3.05, 3.63) is 0 Å². The van der Waals surface area contributed by atoms with E-state index in [1.165, 1.54) is 0 Å². The molecule has 0 atom stereocenters. The van der Waals surface area contributed by atoms with Crippen LogP contribution < -0.4 is 17.2 Å². The number of rotatable bonds is 0. The second-order valence-corrected chi connectivity index (χ2v) is 2.99. The minimum atomic E-state index is 0. The van der Waals surface area contributed by atoms with Crippen molar-refractivity contribution in [1.82, 2.24) is 0 Å². The van der Waals surface area contributed by atoms with Crippen LogP contribution in [-0.4, -0.2) is 18.1 Å². The van der Waals surface area contributed by atoms with Crippen LogP contribution in [0.1, 0.15) is 19.3 Å². The molecule has 1 aliphatic carbocycles. The maximum atomic E-state index is 5.66. The van der Waals surface area contributed by atoms with Crippen LogP contribution in [0.2, 0.25) is 0 Å². The van der Waals surface area contributed by atoms with E-state index in [0.29, 0.717) is 0 Å². The molecule has 0 bridgehead atoms. The minimum Gasteiger partial charge on any atom is -0.457 e. The van der Waals surface area contributed by atoms with Crippen molar-refractivity contribution in [1.29, 1.82) is 0 Å². The molecule has 1 rings (SSSR count). The summed E-state index contributed by atoms with van der Waals surface area (Å²) in [6.07, 6.45) is 2.81. The summed E-state index contributed by atoms with van der Waals surface area (Å²) in [4.78, 5) is 0. The molecule has 1 saturated carbocycles. The van der Waals surface area contributed by atoms with E-state index in [1.54, 1.807) is 0 Å². The van der Waals surface area contributed by atoms with Crippen LogP contribution in [-0.2, 0) is 32.9 Å². The summed E-state index contributed by atoms with van der Waals surface area (Å²) in [5.41, 5.74) is 17.0. The summed E-state index contributed by atoms with van der Waals surface area (Å²) in [6, 6.07) is 0.719. The van der Waals surface area contributed by atoms with Crippen LogP contribution in [0.3, 0.4) is 0 Å². The Balaban J connectivity index is -0.000000101. The van der Waals surface area contributed by atoms with Crippen LogP contribution >= 0.6 is 0 Å². The summed E-state index contributed by atoms with van der Waals surface area (Å²) < 4.78 is 0. The molecule has 86 valence electrons. The van der Waals surface area contributed by atoms with Crippen molar-refractivity contribution in [3.8, 4) is 0 Å². The third-order valence-corrected chi connectivity index (χ3v) is 1.82. The van der Waals surface area contributed by atoms with E-state index in [1.807, 2.05) is 0 Å². The molecule has 1 aliphatic rings. The standard InChI is InChI=1S/C6H15N3.Ni.3H2O/c7-4-1-5(8)3-6(9)2-4;;;;/h4-6H,1-3,7-9H2;;3*1H2/q;+2;;;/p+3. The molecule has 0 saturated heterocycles. The molecule has 0 spiro atoms. The Morgan fingerprint density at radius 2 is 0.769 bits per heavy atom. The maximum absolute atomic E-state index is 5.66. The van der Waals surface area contributed by atoms with Crippen molar-refractivity contribution in [3.63, 3.8) is 0 Å². The smallest absolute Gasteiger partial charge is 0.457 e. The fourth-order valence-corrected chi connectivity index (χ4v) is 1.46. The summed E-state index contributed by atoms with van der Waals surface area (Å²) in [5.74, 6) is 0. The van der Waals surface area contributed by atoms with Gasteiger partial charge in [-0.25, -0.2) is 0 Å². The minimum absolute atomic E-state index is 0. The van der Waals surface area contributed by atoms with Gasteiger partial charge in [-0.05, 0) is 19.3 Å². The molecule has 1 fully saturated rings. The molecule has 7 heteroatoms. The molecule has 13 heavy (non-hydrogen) atoms. The molecule has 0 aliphatic heterocycles. The molecule has 6 nitrogen and oxygen atoms in total. The number of hydrogen-bond donors (Lipinski definition) is 3. The largest absolute Gasteiger partial charge is 2.00 e. The fourth-order valence-electron chi connectivity index (χ4n) is 1.46. The van der Waals surface area contributed by atoms with Crippen LogP contribution in [0, 0.1) is 0 Å². The van der Waals surface area contributed by atoms with Gasteiger partial charge in [0.2, 0.25) is 0 Å². The Bertz CT molecular complexity index is 84.1. The van der Waals surface area contributed by atoms with Gasteiger partial charge < -0.3 is 33.6 Å². The summed E-state index contributed by atoms with van der Waals surface area (Å²) in [6.45, 7) is 0. The van der Waals surface area contributed by atoms with E-state index in [-0.39, 0.29) is 51.0 Å². The molecule has 0 unspecified atom stereocenters. The van der Waals surface area contributed by atoms with E-state index < -0.39 is 0 Å². The third-order valence-electron chi connectivity index (χ3n) is 1.82. The normalized spacial score (nSPS) is 31.2. The average Bonchev–Trinajstić information content (AvgIpc) is 1.59. The monoisotopic (exact) mass is 244 g/mol. The van der Waals surface area contributed by atoms with Gasteiger partial charge in [-0.3, -0.25) is 0 Å². The van der Waals surface area contributed by atoms with E-state index in [0.717, 1.165) is 19.3 Å². The Morgan fingerprint density at radius 3 is 0.923 bits per heavy atom. The van der Waals surface area contributed by atoms with Crippen molar-refractivity contribution in [2.75, 3.05) is 0 Å². The molecule has 0 aromatic heterocycles. The molecular formula is C6H24N3NiO3+5. The quantitative estimate of drug-likeness (QED) is 0.295. The van der Waals surface area contributed by atoms with Crippen LogP contribution in [0.5, 0.6) is 0 Å². The molecule has 0 aromatic carbocycles. The van der Waals surface area contributed by atoms with E-state index >= 15 is 0 Å². The zero-order valence-electron chi connectivity index (χ0n) is 7.63. The van der Waals surface area contributed by atoms with Gasteiger partial charge in [-0.1, -0.05) is 0 Å². The molecule has 0 heterocycles. The predicted molar refractivity (Wildman–Crippen MR) is 52.4 cm³/mol. The molecular weight excluding hydrogens is 221 g/mol. The Kier molecular flexibility index (Phi) is 18.5. The summed E-state index contributed by atoms with van der Waals surface area (Å²) in [5, 5.41) is 0. The Labute approximate surface area is 88.1 Å². The molecule has 0 amide bonds. The van der Waals surface area contributed by atoms with Gasteiger partial charge in [-0.15, -0.1) is 0 Å². The summed E-state index contributed by atoms with van der Waals surface area (Å²) >= 11 is 0. The van der Waals surface area contributed by atoms with Gasteiger partial charge in [-0.2, -0.15) is 0 Å². The zero-order chi connectivity index (χ0) is 6.85. The van der Waals surface area contributed by atoms with Gasteiger partial charge in [0.1, 0.15) is 0 Å². The number of nitrogens with two attached hydrogens (primary N) is 3. The number of hydrogen-bond acceptors (Lipinski definition) is 3. The molecule has 0 radical (unpaired) electrons. The molecule has 15 N–H and O–H groups in total. The van der Waals surface area contributed by atoms with Gasteiger partial charge in [0.25, 0.3) is 0 Å².